The minimum Gasteiger partial charge on any atom is -0.408 e. The summed E-state index contributed by atoms with van der Waals surface area (Å²) in [4.78, 5) is 28.0. The number of thiophene rings is 1. The van der Waals surface area contributed by atoms with Crippen LogP contribution in [0.2, 0.25) is 0 Å². The topological polar surface area (TPSA) is 55.5 Å². The zero-order chi connectivity index (χ0) is 16.7. The van der Waals surface area contributed by atoms with Gasteiger partial charge in [-0.3, -0.25) is 9.36 Å². The van der Waals surface area contributed by atoms with Crippen LogP contribution < -0.4 is 5.76 Å². The van der Waals surface area contributed by atoms with E-state index in [1.165, 1.54) is 15.0 Å². The second-order valence-electron chi connectivity index (χ2n) is 6.05. The third-order valence-corrected chi connectivity index (χ3v) is 5.72. The Morgan fingerprint density at radius 1 is 1.33 bits per heavy atom. The van der Waals surface area contributed by atoms with Crippen molar-refractivity contribution in [1.82, 2.24) is 9.47 Å². The van der Waals surface area contributed by atoms with Gasteiger partial charge in [-0.25, -0.2) is 4.79 Å². The second kappa shape index (κ2) is 5.94. The van der Waals surface area contributed by atoms with E-state index in [-0.39, 0.29) is 11.9 Å². The Hall–Kier alpha value is -2.34. The first kappa shape index (κ1) is 15.2. The average molecular weight is 342 g/mol. The lowest BCUT2D eigenvalue weighted by Gasteiger charge is -2.33. The first-order chi connectivity index (χ1) is 11.6. The number of aryl methyl sites for hydroxylation is 1. The molecule has 1 amide bonds. The molecule has 24 heavy (non-hydrogen) atoms. The van der Waals surface area contributed by atoms with Gasteiger partial charge in [0.1, 0.15) is 0 Å². The summed E-state index contributed by atoms with van der Waals surface area (Å²) in [7, 11) is 0. The van der Waals surface area contributed by atoms with Gasteiger partial charge >= 0.3 is 5.76 Å². The summed E-state index contributed by atoms with van der Waals surface area (Å²) in [6.45, 7) is 3.16. The maximum Gasteiger partial charge on any atom is 0.419 e. The van der Waals surface area contributed by atoms with Gasteiger partial charge in [0, 0.05) is 24.4 Å². The van der Waals surface area contributed by atoms with Crippen LogP contribution in [0.3, 0.4) is 0 Å². The number of aromatic nitrogens is 1. The maximum atomic E-state index is 12.7. The summed E-state index contributed by atoms with van der Waals surface area (Å²) >= 11 is 1.76. The molecule has 0 saturated heterocycles. The van der Waals surface area contributed by atoms with Crippen molar-refractivity contribution in [2.75, 3.05) is 6.54 Å². The molecular weight excluding hydrogens is 324 g/mol. The number of carbonyl (C=O) groups is 1. The number of fused-ring (bicyclic) bond motifs is 2. The Morgan fingerprint density at radius 3 is 3.04 bits per heavy atom. The van der Waals surface area contributed by atoms with Crippen LogP contribution in [-0.4, -0.2) is 21.9 Å². The Kier molecular flexibility index (Phi) is 3.76. The number of amides is 1. The fourth-order valence-corrected chi connectivity index (χ4v) is 4.39. The maximum absolute atomic E-state index is 12.7. The van der Waals surface area contributed by atoms with Gasteiger partial charge in [0.25, 0.3) is 0 Å². The van der Waals surface area contributed by atoms with E-state index in [1.807, 2.05) is 23.1 Å². The molecule has 0 radical (unpaired) electrons. The van der Waals surface area contributed by atoms with Crippen LogP contribution in [-0.2, 0) is 17.8 Å². The molecular formula is C18H18N2O3S. The van der Waals surface area contributed by atoms with Crippen molar-refractivity contribution in [2.24, 2.45) is 0 Å². The number of carbonyl (C=O) groups excluding carboxylic acids is 1. The molecule has 0 fully saturated rings. The van der Waals surface area contributed by atoms with Crippen LogP contribution in [0.15, 0.2) is 44.9 Å². The van der Waals surface area contributed by atoms with Crippen molar-refractivity contribution in [1.29, 1.82) is 0 Å². The summed E-state index contributed by atoms with van der Waals surface area (Å²) in [6, 6.07) is 9.50. The van der Waals surface area contributed by atoms with E-state index < -0.39 is 5.76 Å². The van der Waals surface area contributed by atoms with Crippen molar-refractivity contribution in [3.05, 3.63) is 56.7 Å². The number of para-hydroxylation sites is 2. The molecule has 3 aromatic rings. The van der Waals surface area contributed by atoms with Crippen LogP contribution in [0.1, 0.15) is 29.8 Å². The fourth-order valence-electron chi connectivity index (χ4n) is 3.43. The Bertz CT molecular complexity index is 952. The molecule has 124 valence electrons. The van der Waals surface area contributed by atoms with E-state index in [2.05, 4.69) is 18.4 Å². The monoisotopic (exact) mass is 342 g/mol. The SMILES string of the molecule is C[C@H]1c2ccsc2CCN1C(=O)CCn1c(=O)oc2ccccc21. The summed E-state index contributed by atoms with van der Waals surface area (Å²) in [6.07, 6.45) is 1.21. The van der Waals surface area contributed by atoms with Crippen LogP contribution in [0.5, 0.6) is 0 Å². The summed E-state index contributed by atoms with van der Waals surface area (Å²) < 4.78 is 6.76. The highest BCUT2D eigenvalue weighted by Gasteiger charge is 2.28. The van der Waals surface area contributed by atoms with E-state index in [0.29, 0.717) is 18.5 Å². The summed E-state index contributed by atoms with van der Waals surface area (Å²) in [5.74, 6) is -0.327. The Morgan fingerprint density at radius 2 is 2.17 bits per heavy atom. The zero-order valence-corrected chi connectivity index (χ0v) is 14.2. The van der Waals surface area contributed by atoms with Crippen molar-refractivity contribution in [3.8, 4) is 0 Å². The van der Waals surface area contributed by atoms with E-state index >= 15 is 0 Å². The molecule has 0 N–H and O–H groups in total. The normalized spacial score (nSPS) is 17.2. The van der Waals surface area contributed by atoms with Gasteiger partial charge in [0.2, 0.25) is 5.91 Å². The lowest BCUT2D eigenvalue weighted by Crippen LogP contribution is -2.38. The number of hydrogen-bond donors (Lipinski definition) is 0. The lowest BCUT2D eigenvalue weighted by atomic mass is 10.0. The van der Waals surface area contributed by atoms with Gasteiger partial charge < -0.3 is 9.32 Å². The van der Waals surface area contributed by atoms with E-state index in [0.717, 1.165) is 18.5 Å². The van der Waals surface area contributed by atoms with E-state index in [9.17, 15) is 9.59 Å². The van der Waals surface area contributed by atoms with Crippen LogP contribution >= 0.6 is 11.3 Å². The summed E-state index contributed by atoms with van der Waals surface area (Å²) in [5, 5.41) is 2.09. The van der Waals surface area contributed by atoms with Gasteiger partial charge in [-0.1, -0.05) is 12.1 Å². The van der Waals surface area contributed by atoms with Crippen molar-refractivity contribution in [2.45, 2.75) is 32.4 Å². The van der Waals surface area contributed by atoms with Crippen LogP contribution in [0.25, 0.3) is 11.1 Å². The van der Waals surface area contributed by atoms with Crippen LogP contribution in [0, 0.1) is 0 Å². The third-order valence-electron chi connectivity index (χ3n) is 4.72. The molecule has 0 unspecified atom stereocenters. The zero-order valence-electron chi connectivity index (χ0n) is 13.4. The molecule has 0 bridgehead atoms. The molecule has 1 atom stereocenters. The molecule has 6 heteroatoms. The fraction of sp³-hybridized carbons (Fsp3) is 0.333. The molecule has 1 aliphatic rings. The van der Waals surface area contributed by atoms with Gasteiger partial charge in [-0.05, 0) is 42.5 Å². The molecule has 5 nitrogen and oxygen atoms in total. The molecule has 0 spiro atoms. The predicted molar refractivity (Wildman–Crippen MR) is 93.2 cm³/mol. The smallest absolute Gasteiger partial charge is 0.408 e. The number of benzene rings is 1. The number of nitrogens with zero attached hydrogens (tertiary/aromatic N) is 2. The van der Waals surface area contributed by atoms with Gasteiger partial charge in [0.15, 0.2) is 5.58 Å². The quantitative estimate of drug-likeness (QED) is 0.734. The molecule has 0 aliphatic carbocycles. The highest BCUT2D eigenvalue weighted by molar-refractivity contribution is 7.10. The number of oxazole rings is 1. The van der Waals surface area contributed by atoms with E-state index in [4.69, 9.17) is 4.42 Å². The third kappa shape index (κ3) is 2.47. The van der Waals surface area contributed by atoms with Gasteiger partial charge in [-0.15, -0.1) is 11.3 Å². The number of hydrogen-bond acceptors (Lipinski definition) is 4. The van der Waals surface area contributed by atoms with Crippen molar-refractivity contribution in [3.63, 3.8) is 0 Å². The summed E-state index contributed by atoms with van der Waals surface area (Å²) in [5.41, 5.74) is 2.55. The standard InChI is InChI=1S/C18H18N2O3S/c1-12-13-8-11-24-16(13)6-9-19(12)17(21)7-10-20-14-4-2-3-5-15(14)23-18(20)22/h2-5,8,11-12H,6-7,9-10H2,1H3/t12-/m0/s1. The molecule has 1 aliphatic heterocycles. The molecule has 4 rings (SSSR count). The highest BCUT2D eigenvalue weighted by atomic mass is 32.1. The second-order valence-corrected chi connectivity index (χ2v) is 7.05. The van der Waals surface area contributed by atoms with Gasteiger partial charge in [0.05, 0.1) is 11.6 Å². The Balaban J connectivity index is 1.51. The minimum absolute atomic E-state index is 0.0801. The van der Waals surface area contributed by atoms with Crippen LogP contribution in [0.4, 0.5) is 0 Å². The first-order valence-corrected chi connectivity index (χ1v) is 8.97. The van der Waals surface area contributed by atoms with Crippen molar-refractivity contribution >= 4 is 28.3 Å². The first-order valence-electron chi connectivity index (χ1n) is 8.09. The largest absolute Gasteiger partial charge is 0.419 e. The molecule has 0 saturated carbocycles. The highest BCUT2D eigenvalue weighted by Crippen LogP contribution is 2.33. The van der Waals surface area contributed by atoms with Gasteiger partial charge in [-0.2, -0.15) is 0 Å². The van der Waals surface area contributed by atoms with Crippen molar-refractivity contribution < 1.29 is 9.21 Å². The minimum atomic E-state index is -0.407. The Labute approximate surface area is 143 Å². The predicted octanol–water partition coefficient (Wildman–Crippen LogP) is 3.19. The number of rotatable bonds is 3. The molecule has 1 aromatic carbocycles. The molecule has 2 aromatic heterocycles. The lowest BCUT2D eigenvalue weighted by molar-refractivity contribution is -0.134. The van der Waals surface area contributed by atoms with E-state index in [1.54, 1.807) is 17.4 Å². The molecule has 3 heterocycles. The average Bonchev–Trinajstić information content (AvgIpc) is 3.17.